The Morgan fingerprint density at radius 2 is 2.00 bits per heavy atom. The van der Waals surface area contributed by atoms with E-state index in [2.05, 4.69) is 20.5 Å². The highest BCUT2D eigenvalue weighted by Crippen LogP contribution is 2.53. The minimum absolute atomic E-state index is 0.0356. The molecule has 1 atom stereocenters. The summed E-state index contributed by atoms with van der Waals surface area (Å²) < 4.78 is 5.52. The molecule has 8 heteroatoms. The van der Waals surface area contributed by atoms with Crippen molar-refractivity contribution in [3.8, 4) is 11.5 Å². The van der Waals surface area contributed by atoms with E-state index in [1.165, 1.54) is 12.8 Å². The molecule has 2 aromatic heterocycles. The third-order valence-electron chi connectivity index (χ3n) is 5.51. The number of carbonyl (C=O) groups excluding carboxylic acids is 1. The smallest absolute Gasteiger partial charge is 0.316 e. The first-order valence-corrected chi connectivity index (χ1v) is 9.05. The highest BCUT2D eigenvalue weighted by atomic mass is 16.4. The first-order chi connectivity index (χ1) is 12.5. The monoisotopic (exact) mass is 357 g/mol. The number of nitrogens with one attached hydrogen (secondary N) is 2. The van der Waals surface area contributed by atoms with E-state index in [1.807, 2.05) is 4.90 Å². The predicted octanol–water partition coefficient (Wildman–Crippen LogP) is 1.94. The van der Waals surface area contributed by atoms with E-state index in [0.717, 1.165) is 31.6 Å². The van der Waals surface area contributed by atoms with Crippen molar-refractivity contribution in [3.05, 3.63) is 28.2 Å². The van der Waals surface area contributed by atoms with Crippen LogP contribution in [-0.2, 0) is 4.79 Å². The van der Waals surface area contributed by atoms with Crippen molar-refractivity contribution in [2.24, 2.45) is 5.41 Å². The van der Waals surface area contributed by atoms with Crippen LogP contribution in [0.2, 0.25) is 0 Å². The number of amides is 1. The molecule has 1 amide bonds. The molecule has 1 saturated carbocycles. The number of aromatic nitrogens is 3. The van der Waals surface area contributed by atoms with Gasteiger partial charge in [0.15, 0.2) is 0 Å². The van der Waals surface area contributed by atoms with Crippen molar-refractivity contribution in [1.82, 2.24) is 20.1 Å². The molecule has 4 rings (SSSR count). The molecule has 26 heavy (non-hydrogen) atoms. The summed E-state index contributed by atoms with van der Waals surface area (Å²) in [5.41, 5.74) is 1.31. The van der Waals surface area contributed by atoms with Gasteiger partial charge in [0.05, 0.1) is 0 Å². The number of hydrogen-bond acceptors (Lipinski definition) is 6. The molecule has 0 bridgehead atoms. The average Bonchev–Trinajstić information content (AvgIpc) is 3.21. The molecule has 0 unspecified atom stereocenters. The Kier molecular flexibility index (Phi) is 4.05. The number of aryl methyl sites for hydroxylation is 1. The lowest BCUT2D eigenvalue weighted by atomic mass is 9.93. The molecule has 2 fully saturated rings. The number of likely N-dealkylation sites (tertiary alicyclic amines) is 1. The average molecular weight is 357 g/mol. The Hall–Kier alpha value is -2.64. The molecule has 3 heterocycles. The lowest BCUT2D eigenvalue weighted by Crippen LogP contribution is -2.45. The fraction of sp³-hybridized carbons (Fsp3) is 0.556. The van der Waals surface area contributed by atoms with Crippen LogP contribution < -0.4 is 10.9 Å². The molecule has 2 aliphatic rings. The van der Waals surface area contributed by atoms with Crippen molar-refractivity contribution in [1.29, 1.82) is 0 Å². The van der Waals surface area contributed by atoms with Gasteiger partial charge in [0, 0.05) is 18.8 Å². The Bertz CT molecular complexity index is 873. The van der Waals surface area contributed by atoms with E-state index < -0.39 is 6.04 Å². The maximum atomic E-state index is 12.6. The van der Waals surface area contributed by atoms with Gasteiger partial charge >= 0.3 is 6.01 Å². The molecular weight excluding hydrogens is 334 g/mol. The molecular formula is C18H23N5O3. The summed E-state index contributed by atoms with van der Waals surface area (Å²) in [6.45, 7) is 5.22. The maximum Gasteiger partial charge on any atom is 0.316 e. The summed E-state index contributed by atoms with van der Waals surface area (Å²) in [5.74, 6) is 0.162. The van der Waals surface area contributed by atoms with E-state index in [1.54, 1.807) is 26.0 Å². The Balaban J connectivity index is 1.40. The number of piperidine rings is 1. The van der Waals surface area contributed by atoms with Crippen LogP contribution in [0.1, 0.15) is 38.3 Å². The van der Waals surface area contributed by atoms with Crippen molar-refractivity contribution >= 4 is 11.9 Å². The van der Waals surface area contributed by atoms with Gasteiger partial charge in [-0.25, -0.2) is 0 Å². The van der Waals surface area contributed by atoms with Gasteiger partial charge in [-0.05, 0) is 57.1 Å². The van der Waals surface area contributed by atoms with E-state index >= 15 is 0 Å². The van der Waals surface area contributed by atoms with Gasteiger partial charge in [-0.2, -0.15) is 0 Å². The molecule has 138 valence electrons. The van der Waals surface area contributed by atoms with Crippen molar-refractivity contribution in [2.75, 3.05) is 18.4 Å². The summed E-state index contributed by atoms with van der Waals surface area (Å²) in [4.78, 5) is 29.2. The number of hydrogen-bond donors (Lipinski definition) is 2. The molecule has 1 aliphatic carbocycles. The number of anilines is 1. The second-order valence-electron chi connectivity index (χ2n) is 7.49. The largest absolute Gasteiger partial charge is 0.403 e. The van der Waals surface area contributed by atoms with Gasteiger partial charge in [0.2, 0.25) is 5.91 Å². The summed E-state index contributed by atoms with van der Waals surface area (Å²) in [7, 11) is 0. The van der Waals surface area contributed by atoms with Crippen molar-refractivity contribution < 1.29 is 9.21 Å². The Labute approximate surface area is 151 Å². The molecule has 0 aromatic carbocycles. The Morgan fingerprint density at radius 1 is 1.27 bits per heavy atom. The molecule has 8 nitrogen and oxygen atoms in total. The van der Waals surface area contributed by atoms with Gasteiger partial charge < -0.3 is 19.6 Å². The van der Waals surface area contributed by atoms with Crippen LogP contribution in [0.3, 0.4) is 0 Å². The number of carbonyl (C=O) groups is 1. The fourth-order valence-electron chi connectivity index (χ4n) is 3.53. The highest BCUT2D eigenvalue weighted by Gasteiger charge is 2.45. The van der Waals surface area contributed by atoms with Crippen LogP contribution in [0.25, 0.3) is 11.5 Å². The van der Waals surface area contributed by atoms with Gasteiger partial charge in [-0.3, -0.25) is 9.59 Å². The third kappa shape index (κ3) is 3.23. The van der Waals surface area contributed by atoms with E-state index in [-0.39, 0.29) is 23.4 Å². The standard InChI is InChI=1S/C18H23N5O3/c1-11-3-4-13(14(24)19-11)15-21-22-17(26-15)20-12(2)16(25)23-9-7-18(5-6-18)8-10-23/h3-4,12H,5-10H2,1-2H3,(H,19,24)(H,20,22)/t12-/m1/s1. The molecule has 2 aromatic rings. The minimum atomic E-state index is -0.465. The topological polar surface area (TPSA) is 104 Å². The number of H-pyrrole nitrogens is 1. The molecule has 1 aliphatic heterocycles. The molecule has 1 saturated heterocycles. The second kappa shape index (κ2) is 6.26. The zero-order valence-corrected chi connectivity index (χ0v) is 15.0. The van der Waals surface area contributed by atoms with E-state index in [0.29, 0.717) is 11.0 Å². The lowest BCUT2D eigenvalue weighted by molar-refractivity contribution is -0.133. The number of rotatable bonds is 4. The van der Waals surface area contributed by atoms with Crippen LogP contribution in [0, 0.1) is 12.3 Å². The zero-order chi connectivity index (χ0) is 18.3. The normalized spacial score (nSPS) is 19.4. The zero-order valence-electron chi connectivity index (χ0n) is 15.0. The van der Waals surface area contributed by atoms with Gasteiger partial charge in [0.1, 0.15) is 11.6 Å². The minimum Gasteiger partial charge on any atom is -0.403 e. The van der Waals surface area contributed by atoms with E-state index in [9.17, 15) is 9.59 Å². The summed E-state index contributed by atoms with van der Waals surface area (Å²) in [6, 6.07) is 3.08. The maximum absolute atomic E-state index is 12.6. The number of pyridine rings is 1. The van der Waals surface area contributed by atoms with Crippen molar-refractivity contribution in [3.63, 3.8) is 0 Å². The first kappa shape index (κ1) is 16.8. The number of nitrogens with zero attached hydrogens (tertiary/aromatic N) is 3. The summed E-state index contributed by atoms with van der Waals surface area (Å²) in [5, 5.41) is 10.8. The second-order valence-corrected chi connectivity index (χ2v) is 7.49. The van der Waals surface area contributed by atoms with Crippen LogP contribution >= 0.6 is 0 Å². The number of aromatic amines is 1. The quantitative estimate of drug-likeness (QED) is 0.866. The summed E-state index contributed by atoms with van der Waals surface area (Å²) in [6.07, 6.45) is 4.83. The highest BCUT2D eigenvalue weighted by molar-refractivity contribution is 5.83. The first-order valence-electron chi connectivity index (χ1n) is 9.05. The summed E-state index contributed by atoms with van der Waals surface area (Å²) >= 11 is 0. The molecule has 0 radical (unpaired) electrons. The van der Waals surface area contributed by atoms with Gasteiger partial charge in [-0.15, -0.1) is 5.10 Å². The van der Waals surface area contributed by atoms with Crippen LogP contribution in [0.5, 0.6) is 0 Å². The van der Waals surface area contributed by atoms with Crippen LogP contribution in [-0.4, -0.2) is 45.1 Å². The van der Waals surface area contributed by atoms with Gasteiger partial charge in [-0.1, -0.05) is 5.10 Å². The third-order valence-corrected chi connectivity index (χ3v) is 5.51. The SMILES string of the molecule is Cc1ccc(-c2nnc(N[C@H](C)C(=O)N3CCC4(CC3)CC4)o2)c(=O)[nH]1. The Morgan fingerprint density at radius 3 is 2.65 bits per heavy atom. The lowest BCUT2D eigenvalue weighted by Gasteiger charge is -2.33. The van der Waals surface area contributed by atoms with Crippen LogP contribution in [0.15, 0.2) is 21.3 Å². The van der Waals surface area contributed by atoms with Crippen LogP contribution in [0.4, 0.5) is 6.01 Å². The fourth-order valence-corrected chi connectivity index (χ4v) is 3.53. The van der Waals surface area contributed by atoms with Gasteiger partial charge in [0.25, 0.3) is 11.4 Å². The predicted molar refractivity (Wildman–Crippen MR) is 95.7 cm³/mol. The molecule has 2 N–H and O–H groups in total. The molecule has 1 spiro atoms. The van der Waals surface area contributed by atoms with E-state index in [4.69, 9.17) is 4.42 Å². The van der Waals surface area contributed by atoms with Crippen molar-refractivity contribution in [2.45, 2.75) is 45.6 Å².